The Morgan fingerprint density at radius 3 is 2.07 bits per heavy atom. The van der Waals surface area contributed by atoms with Crippen LogP contribution in [0.5, 0.6) is 0 Å². The monoisotopic (exact) mass is 231 g/mol. The second kappa shape index (κ2) is 6.57. The van der Waals surface area contributed by atoms with Gasteiger partial charge >= 0.3 is 7.12 Å². The summed E-state index contributed by atoms with van der Waals surface area (Å²) < 4.78 is 17.6. The molecule has 1 aromatic carbocycles. The first-order valence-electron chi connectivity index (χ1n) is 4.17. The number of benzene rings is 1. The van der Waals surface area contributed by atoms with E-state index in [9.17, 15) is 0 Å². The number of aryl methyl sites for hydroxylation is 1. The quantitative estimate of drug-likeness (QED) is 0.347. The highest BCUT2D eigenvalue weighted by molar-refractivity contribution is 7.69. The van der Waals surface area contributed by atoms with E-state index in [2.05, 4.69) is 5.14 Å². The van der Waals surface area contributed by atoms with Crippen LogP contribution in [0.3, 0.4) is 0 Å². The number of hydrogen-bond donors (Lipinski definition) is 4. The highest BCUT2D eigenvalue weighted by atomic mass is 32.2. The van der Waals surface area contributed by atoms with Crippen LogP contribution < -0.4 is 10.6 Å². The first kappa shape index (κ1) is 14.1. The van der Waals surface area contributed by atoms with Crippen molar-refractivity contribution in [2.45, 2.75) is 13.8 Å². The molecule has 0 amide bonds. The predicted molar refractivity (Wildman–Crippen MR) is 60.2 cm³/mol. The first-order valence-corrected chi connectivity index (χ1v) is 5.42. The van der Waals surface area contributed by atoms with Crippen LogP contribution in [-0.2, 0) is 10.9 Å². The molecule has 0 spiro atoms. The van der Waals surface area contributed by atoms with Crippen LogP contribution >= 0.6 is 0 Å². The number of hydrogen-bond acceptors (Lipinski definition) is 4. The van der Waals surface area contributed by atoms with Crippen molar-refractivity contribution in [2.75, 3.05) is 0 Å². The molecule has 1 rings (SSSR count). The van der Waals surface area contributed by atoms with Crippen LogP contribution in [0.1, 0.15) is 11.1 Å². The number of thiol groups is 1. The lowest BCUT2D eigenvalue weighted by Crippen LogP contribution is -2.32. The Kier molecular flexibility index (Phi) is 6.18. The summed E-state index contributed by atoms with van der Waals surface area (Å²) in [5, 5.41) is 21.8. The zero-order chi connectivity index (χ0) is 12.0. The maximum atomic E-state index is 8.88. The van der Waals surface area contributed by atoms with E-state index in [1.54, 1.807) is 6.07 Å². The number of rotatable bonds is 1. The van der Waals surface area contributed by atoms with E-state index < -0.39 is 18.0 Å². The Hall–Kier alpha value is -0.885. The molecular formula is C8H14BNO4S. The lowest BCUT2D eigenvalue weighted by molar-refractivity contribution is 0.425. The summed E-state index contributed by atoms with van der Waals surface area (Å²) in [6, 6.07) is 5.48. The molecule has 0 unspecified atom stereocenters. The lowest BCUT2D eigenvalue weighted by Gasteiger charge is -2.05. The molecule has 0 atom stereocenters. The van der Waals surface area contributed by atoms with E-state index in [1.165, 1.54) is 0 Å². The third-order valence-electron chi connectivity index (χ3n) is 1.92. The van der Waals surface area contributed by atoms with Gasteiger partial charge in [0.1, 0.15) is 0 Å². The SMILES string of the molecule is Cc1cccc(B(O)O)c1C.N[SH](=O)=O. The fourth-order valence-electron chi connectivity index (χ4n) is 1.05. The second-order valence-electron chi connectivity index (χ2n) is 2.95. The Morgan fingerprint density at radius 2 is 1.73 bits per heavy atom. The van der Waals surface area contributed by atoms with Crippen LogP contribution in [-0.4, -0.2) is 25.6 Å². The van der Waals surface area contributed by atoms with Crippen molar-refractivity contribution in [3.63, 3.8) is 0 Å². The minimum Gasteiger partial charge on any atom is -0.423 e. The summed E-state index contributed by atoms with van der Waals surface area (Å²) >= 11 is 0. The van der Waals surface area contributed by atoms with Gasteiger partial charge in [0.15, 0.2) is 10.9 Å². The largest absolute Gasteiger partial charge is 0.488 e. The summed E-state index contributed by atoms with van der Waals surface area (Å²) in [6.07, 6.45) is 0. The van der Waals surface area contributed by atoms with Gasteiger partial charge < -0.3 is 10.0 Å². The molecule has 5 nitrogen and oxygen atoms in total. The Morgan fingerprint density at radius 1 is 1.27 bits per heavy atom. The maximum absolute atomic E-state index is 8.88. The van der Waals surface area contributed by atoms with Gasteiger partial charge in [0.05, 0.1) is 0 Å². The van der Waals surface area contributed by atoms with E-state index in [1.807, 2.05) is 26.0 Å². The minimum atomic E-state index is -2.62. The average Bonchev–Trinajstić information content (AvgIpc) is 2.08. The van der Waals surface area contributed by atoms with Crippen LogP contribution in [0.15, 0.2) is 18.2 Å². The van der Waals surface area contributed by atoms with Gasteiger partial charge in [-0.2, -0.15) is 0 Å². The molecule has 4 N–H and O–H groups in total. The summed E-state index contributed by atoms with van der Waals surface area (Å²) in [6.45, 7) is 3.82. The summed E-state index contributed by atoms with van der Waals surface area (Å²) in [5.41, 5.74) is 2.61. The highest BCUT2D eigenvalue weighted by Crippen LogP contribution is 2.02. The zero-order valence-corrected chi connectivity index (χ0v) is 9.44. The second-order valence-corrected chi connectivity index (χ2v) is 3.52. The van der Waals surface area contributed by atoms with Crippen molar-refractivity contribution >= 4 is 23.5 Å². The molecule has 7 heteroatoms. The molecule has 0 aromatic heterocycles. The van der Waals surface area contributed by atoms with Gasteiger partial charge in [0, 0.05) is 0 Å². The smallest absolute Gasteiger partial charge is 0.423 e. The predicted octanol–water partition coefficient (Wildman–Crippen LogP) is -1.55. The fraction of sp³-hybridized carbons (Fsp3) is 0.250. The topological polar surface area (TPSA) is 101 Å². The first-order chi connectivity index (χ1) is 6.86. The highest BCUT2D eigenvalue weighted by Gasteiger charge is 2.13. The molecule has 0 aliphatic rings. The van der Waals surface area contributed by atoms with E-state index in [4.69, 9.17) is 18.5 Å². The van der Waals surface area contributed by atoms with E-state index >= 15 is 0 Å². The standard InChI is InChI=1S/C8H11BO2.H3NO2S/c1-6-4-3-5-8(7(6)2)9(10)11;1-4(2)3/h3-5,10-11H,1-2H3;4H,(H2,1,2,3). The molecule has 84 valence electrons. The van der Waals surface area contributed by atoms with Crippen molar-refractivity contribution in [2.24, 2.45) is 5.14 Å². The molecule has 0 saturated carbocycles. The average molecular weight is 231 g/mol. The van der Waals surface area contributed by atoms with E-state index in [0.717, 1.165) is 11.1 Å². The van der Waals surface area contributed by atoms with E-state index in [-0.39, 0.29) is 0 Å². The fourth-order valence-corrected chi connectivity index (χ4v) is 1.05. The van der Waals surface area contributed by atoms with Gasteiger partial charge in [-0.1, -0.05) is 18.2 Å². The van der Waals surface area contributed by atoms with Gasteiger partial charge in [-0.25, -0.2) is 13.6 Å². The van der Waals surface area contributed by atoms with Crippen LogP contribution in [0.2, 0.25) is 0 Å². The van der Waals surface area contributed by atoms with Crippen molar-refractivity contribution in [1.82, 2.24) is 0 Å². The molecule has 0 bridgehead atoms. The van der Waals surface area contributed by atoms with Crippen molar-refractivity contribution < 1.29 is 18.5 Å². The molecule has 0 heterocycles. The normalized spacial score (nSPS) is 9.47. The van der Waals surface area contributed by atoms with Gasteiger partial charge in [-0.3, -0.25) is 0 Å². The van der Waals surface area contributed by atoms with Crippen LogP contribution in [0, 0.1) is 13.8 Å². The summed E-state index contributed by atoms with van der Waals surface area (Å²) in [7, 11) is -3.97. The molecule has 0 radical (unpaired) electrons. The van der Waals surface area contributed by atoms with Crippen molar-refractivity contribution in [3.8, 4) is 0 Å². The van der Waals surface area contributed by atoms with Gasteiger partial charge in [0.25, 0.3) is 0 Å². The van der Waals surface area contributed by atoms with Crippen molar-refractivity contribution in [3.05, 3.63) is 29.3 Å². The Balaban J connectivity index is 0.000000423. The van der Waals surface area contributed by atoms with Gasteiger partial charge in [0.2, 0.25) is 0 Å². The molecular weight excluding hydrogens is 217 g/mol. The van der Waals surface area contributed by atoms with Gasteiger partial charge in [-0.15, -0.1) is 0 Å². The molecule has 0 aliphatic carbocycles. The zero-order valence-electron chi connectivity index (χ0n) is 8.54. The van der Waals surface area contributed by atoms with Gasteiger partial charge in [-0.05, 0) is 30.4 Å². The lowest BCUT2D eigenvalue weighted by atomic mass is 9.76. The van der Waals surface area contributed by atoms with Crippen LogP contribution in [0.25, 0.3) is 0 Å². The van der Waals surface area contributed by atoms with E-state index in [0.29, 0.717) is 5.46 Å². The third-order valence-corrected chi connectivity index (χ3v) is 1.92. The molecule has 0 saturated heterocycles. The molecule has 1 aromatic rings. The van der Waals surface area contributed by atoms with Crippen LogP contribution in [0.4, 0.5) is 0 Å². The third kappa shape index (κ3) is 5.53. The number of nitrogens with two attached hydrogens (primary N) is 1. The molecule has 0 fully saturated rings. The summed E-state index contributed by atoms with van der Waals surface area (Å²) in [5.74, 6) is 0. The summed E-state index contributed by atoms with van der Waals surface area (Å²) in [4.78, 5) is 0. The maximum Gasteiger partial charge on any atom is 0.488 e. The Bertz CT molecular complexity index is 384. The minimum absolute atomic E-state index is 0.588. The molecule has 15 heavy (non-hydrogen) atoms. The van der Waals surface area contributed by atoms with Crippen molar-refractivity contribution in [1.29, 1.82) is 0 Å². The Labute approximate surface area is 90.8 Å². The molecule has 0 aliphatic heterocycles.